The van der Waals surface area contributed by atoms with Crippen LogP contribution in [-0.4, -0.2) is 42.1 Å². The van der Waals surface area contributed by atoms with Crippen LogP contribution in [-0.2, 0) is 13.0 Å². The van der Waals surface area contributed by atoms with Gasteiger partial charge < -0.3 is 15.0 Å². The van der Waals surface area contributed by atoms with Gasteiger partial charge in [0.05, 0.1) is 11.9 Å². The van der Waals surface area contributed by atoms with E-state index in [1.165, 1.54) is 35.1 Å². The van der Waals surface area contributed by atoms with Gasteiger partial charge in [-0.3, -0.25) is 4.79 Å². The van der Waals surface area contributed by atoms with Gasteiger partial charge in [-0.25, -0.2) is 9.07 Å². The van der Waals surface area contributed by atoms with Crippen LogP contribution in [0.2, 0.25) is 0 Å². The van der Waals surface area contributed by atoms with Gasteiger partial charge in [-0.2, -0.15) is 5.10 Å². The Morgan fingerprint density at radius 3 is 2.80 bits per heavy atom. The lowest BCUT2D eigenvalue weighted by atomic mass is 10.3. The second-order valence-corrected chi connectivity index (χ2v) is 5.33. The summed E-state index contributed by atoms with van der Waals surface area (Å²) in [6.07, 6.45) is 3.65. The van der Waals surface area contributed by atoms with Crippen LogP contribution in [0.5, 0.6) is 5.75 Å². The molecule has 0 atom stereocenters. The molecule has 0 saturated carbocycles. The molecule has 1 aromatic carbocycles. The fourth-order valence-electron chi connectivity index (χ4n) is 2.37. The van der Waals surface area contributed by atoms with Gasteiger partial charge in [0.2, 0.25) is 0 Å². The third kappa shape index (κ3) is 3.65. The standard InChI is InChI=1S/C16H17FN6O2/c1-2-14-20-19-10-22(14)8-7-18-16(25)15-13(24)9-23(21-15)12-5-3-11(17)4-6-12/h3-6,9-10,24H,2,7-8H2,1H3,(H,18,25). The van der Waals surface area contributed by atoms with Crippen LogP contribution < -0.4 is 5.32 Å². The molecular weight excluding hydrogens is 327 g/mol. The minimum absolute atomic E-state index is 0.0937. The number of carbonyl (C=O) groups is 1. The number of carbonyl (C=O) groups excluding carboxylic acids is 1. The minimum atomic E-state index is -0.496. The van der Waals surface area contributed by atoms with Crippen molar-refractivity contribution in [3.8, 4) is 11.4 Å². The second-order valence-electron chi connectivity index (χ2n) is 5.33. The summed E-state index contributed by atoms with van der Waals surface area (Å²) in [6.45, 7) is 2.83. The van der Waals surface area contributed by atoms with E-state index in [0.29, 0.717) is 18.8 Å². The topological polar surface area (TPSA) is 97.9 Å². The number of rotatable bonds is 6. The fraction of sp³-hybridized carbons (Fsp3) is 0.250. The number of nitrogens with zero attached hydrogens (tertiary/aromatic N) is 5. The molecule has 0 aliphatic carbocycles. The van der Waals surface area contributed by atoms with Crippen LogP contribution in [0.1, 0.15) is 23.2 Å². The van der Waals surface area contributed by atoms with Crippen LogP contribution in [0.25, 0.3) is 5.69 Å². The van der Waals surface area contributed by atoms with Crippen molar-refractivity contribution < 1.29 is 14.3 Å². The van der Waals surface area contributed by atoms with Gasteiger partial charge in [0, 0.05) is 19.5 Å². The molecule has 0 aliphatic heterocycles. The lowest BCUT2D eigenvalue weighted by Gasteiger charge is -2.06. The maximum atomic E-state index is 13.0. The monoisotopic (exact) mass is 344 g/mol. The summed E-state index contributed by atoms with van der Waals surface area (Å²) in [4.78, 5) is 12.2. The first-order chi connectivity index (χ1) is 12.1. The van der Waals surface area contributed by atoms with Crippen LogP contribution >= 0.6 is 0 Å². The van der Waals surface area contributed by atoms with E-state index in [4.69, 9.17) is 0 Å². The van der Waals surface area contributed by atoms with Crippen LogP contribution in [0.4, 0.5) is 4.39 Å². The van der Waals surface area contributed by atoms with Gasteiger partial charge in [-0.15, -0.1) is 10.2 Å². The lowest BCUT2D eigenvalue weighted by molar-refractivity contribution is 0.0944. The Morgan fingerprint density at radius 1 is 1.32 bits per heavy atom. The largest absolute Gasteiger partial charge is 0.504 e. The zero-order chi connectivity index (χ0) is 17.8. The molecule has 130 valence electrons. The van der Waals surface area contributed by atoms with Crippen molar-refractivity contribution in [1.29, 1.82) is 0 Å². The Morgan fingerprint density at radius 2 is 2.08 bits per heavy atom. The SMILES string of the molecule is CCc1nncn1CCNC(=O)c1nn(-c2ccc(F)cc2)cc1O. The number of amides is 1. The summed E-state index contributed by atoms with van der Waals surface area (Å²) in [5, 5.41) is 24.5. The van der Waals surface area contributed by atoms with Crippen LogP contribution in [0.3, 0.4) is 0 Å². The highest BCUT2D eigenvalue weighted by atomic mass is 19.1. The molecule has 9 heteroatoms. The van der Waals surface area contributed by atoms with E-state index in [2.05, 4.69) is 20.6 Å². The van der Waals surface area contributed by atoms with Crippen LogP contribution in [0.15, 0.2) is 36.8 Å². The maximum absolute atomic E-state index is 13.0. The number of halogens is 1. The third-order valence-electron chi connectivity index (χ3n) is 3.65. The molecule has 3 rings (SSSR count). The van der Waals surface area contributed by atoms with E-state index in [1.54, 1.807) is 6.33 Å². The van der Waals surface area contributed by atoms with Crippen molar-refractivity contribution >= 4 is 5.91 Å². The number of aryl methyl sites for hydroxylation is 1. The highest BCUT2D eigenvalue weighted by Crippen LogP contribution is 2.18. The molecule has 2 aromatic heterocycles. The first kappa shape index (κ1) is 16.6. The summed E-state index contributed by atoms with van der Waals surface area (Å²) in [5.74, 6) is -0.291. The highest BCUT2D eigenvalue weighted by molar-refractivity contribution is 5.94. The van der Waals surface area contributed by atoms with Crippen molar-refractivity contribution in [3.63, 3.8) is 0 Å². The van der Waals surface area contributed by atoms with E-state index in [0.717, 1.165) is 12.2 Å². The smallest absolute Gasteiger partial charge is 0.275 e. The molecule has 2 heterocycles. The molecule has 0 saturated heterocycles. The summed E-state index contributed by atoms with van der Waals surface area (Å²) in [6, 6.07) is 5.56. The Kier molecular flexibility index (Phi) is 4.73. The third-order valence-corrected chi connectivity index (χ3v) is 3.65. The molecule has 25 heavy (non-hydrogen) atoms. The molecule has 0 bridgehead atoms. The molecule has 0 fully saturated rings. The van der Waals surface area contributed by atoms with E-state index < -0.39 is 5.91 Å². The van der Waals surface area contributed by atoms with Gasteiger partial charge in [0.15, 0.2) is 11.4 Å². The van der Waals surface area contributed by atoms with Gasteiger partial charge in [-0.05, 0) is 24.3 Å². The number of hydrogen-bond donors (Lipinski definition) is 2. The fourth-order valence-corrected chi connectivity index (χ4v) is 2.37. The molecule has 2 N–H and O–H groups in total. The van der Waals surface area contributed by atoms with E-state index in [9.17, 15) is 14.3 Å². The second kappa shape index (κ2) is 7.12. The Bertz CT molecular complexity index is 871. The summed E-state index contributed by atoms with van der Waals surface area (Å²) in [7, 11) is 0. The average Bonchev–Trinajstić information content (AvgIpc) is 3.21. The molecule has 8 nitrogen and oxygen atoms in total. The van der Waals surface area contributed by atoms with Crippen molar-refractivity contribution in [1.82, 2.24) is 29.9 Å². The summed E-state index contributed by atoms with van der Waals surface area (Å²) < 4.78 is 16.1. The zero-order valence-electron chi connectivity index (χ0n) is 13.6. The predicted molar refractivity (Wildman–Crippen MR) is 86.9 cm³/mol. The number of aromatic hydroxyl groups is 1. The first-order valence-corrected chi connectivity index (χ1v) is 7.78. The van der Waals surface area contributed by atoms with E-state index >= 15 is 0 Å². The van der Waals surface area contributed by atoms with Crippen molar-refractivity contribution in [2.24, 2.45) is 0 Å². The number of benzene rings is 1. The van der Waals surface area contributed by atoms with Gasteiger partial charge in [0.1, 0.15) is 18.0 Å². The molecule has 0 spiro atoms. The number of aromatic nitrogens is 5. The minimum Gasteiger partial charge on any atom is -0.504 e. The van der Waals surface area contributed by atoms with E-state index in [-0.39, 0.29) is 17.3 Å². The van der Waals surface area contributed by atoms with E-state index in [1.807, 2.05) is 11.5 Å². The molecular formula is C16H17FN6O2. The average molecular weight is 344 g/mol. The predicted octanol–water partition coefficient (Wildman–Crippen LogP) is 1.30. The maximum Gasteiger partial charge on any atom is 0.275 e. The van der Waals surface area contributed by atoms with Gasteiger partial charge in [0.25, 0.3) is 5.91 Å². The summed E-state index contributed by atoms with van der Waals surface area (Å²) >= 11 is 0. The molecule has 1 amide bonds. The van der Waals surface area contributed by atoms with Gasteiger partial charge in [-0.1, -0.05) is 6.92 Å². The van der Waals surface area contributed by atoms with Crippen molar-refractivity contribution in [2.75, 3.05) is 6.54 Å². The molecule has 3 aromatic rings. The molecule has 0 aliphatic rings. The Hall–Kier alpha value is -3.23. The van der Waals surface area contributed by atoms with Crippen molar-refractivity contribution in [3.05, 3.63) is 54.1 Å². The first-order valence-electron chi connectivity index (χ1n) is 7.78. The number of hydrogen-bond acceptors (Lipinski definition) is 5. The number of nitrogens with one attached hydrogen (secondary N) is 1. The molecule has 0 unspecified atom stereocenters. The van der Waals surface area contributed by atoms with Crippen LogP contribution in [0, 0.1) is 5.82 Å². The zero-order valence-corrected chi connectivity index (χ0v) is 13.6. The summed E-state index contributed by atoms with van der Waals surface area (Å²) in [5.41, 5.74) is 0.441. The van der Waals surface area contributed by atoms with Crippen molar-refractivity contribution in [2.45, 2.75) is 19.9 Å². The normalized spacial score (nSPS) is 10.8. The Balaban J connectivity index is 1.65. The lowest BCUT2D eigenvalue weighted by Crippen LogP contribution is -2.28. The van der Waals surface area contributed by atoms with Gasteiger partial charge >= 0.3 is 0 Å². The Labute approximate surface area is 142 Å². The quantitative estimate of drug-likeness (QED) is 0.702. The highest BCUT2D eigenvalue weighted by Gasteiger charge is 2.17. The molecule has 0 radical (unpaired) electrons.